The molecule has 1 saturated heterocycles. The van der Waals surface area contributed by atoms with E-state index < -0.39 is 0 Å². The van der Waals surface area contributed by atoms with Crippen LogP contribution < -0.4 is 5.32 Å². The smallest absolute Gasteiger partial charge is 0.347 e. The van der Waals surface area contributed by atoms with E-state index in [1.54, 1.807) is 12.1 Å². The average Bonchev–Trinajstić information content (AvgIpc) is 3.37. The Balaban J connectivity index is 1.26. The molecule has 2 bridgehead atoms. The molecule has 1 N–H and O–H groups in total. The van der Waals surface area contributed by atoms with Crippen LogP contribution in [0.2, 0.25) is 0 Å². The van der Waals surface area contributed by atoms with Gasteiger partial charge >= 0.3 is 6.03 Å². The number of benzene rings is 1. The van der Waals surface area contributed by atoms with Crippen LogP contribution in [0.1, 0.15) is 88.2 Å². The number of carbonyl (C=O) groups excluding carboxylic acids is 2. The summed E-state index contributed by atoms with van der Waals surface area (Å²) >= 11 is 0. The fourth-order valence-electron chi connectivity index (χ4n) is 8.16. The fraction of sp³-hybridized carbons (Fsp3) is 0.633. The van der Waals surface area contributed by atoms with Gasteiger partial charge in [-0.2, -0.15) is 9.94 Å². The number of nitrogens with zero attached hydrogens (tertiary/aromatic N) is 5. The lowest BCUT2D eigenvalue weighted by molar-refractivity contribution is -0.113. The van der Waals surface area contributed by atoms with Gasteiger partial charge in [0.25, 0.3) is 5.91 Å². The molecule has 5 fully saturated rings. The minimum atomic E-state index is -0.281. The van der Waals surface area contributed by atoms with Gasteiger partial charge in [0, 0.05) is 29.8 Å². The van der Waals surface area contributed by atoms with Gasteiger partial charge in [0.1, 0.15) is 11.8 Å². The summed E-state index contributed by atoms with van der Waals surface area (Å²) in [7, 11) is 0. The second-order valence-corrected chi connectivity index (χ2v) is 12.6. The number of carbonyl (C=O) groups is 2. The van der Waals surface area contributed by atoms with E-state index in [9.17, 15) is 14.9 Å². The zero-order valence-electron chi connectivity index (χ0n) is 22.7. The van der Waals surface area contributed by atoms with Gasteiger partial charge in [0.15, 0.2) is 5.69 Å². The van der Waals surface area contributed by atoms with Crippen LogP contribution in [0.25, 0.3) is 11.3 Å². The molecule has 1 aromatic heterocycles. The quantitative estimate of drug-likeness (QED) is 0.603. The number of nitrogens with one attached hydrogen (secondary N) is 1. The predicted molar refractivity (Wildman–Crippen MR) is 143 cm³/mol. The zero-order chi connectivity index (χ0) is 26.6. The second-order valence-electron chi connectivity index (χ2n) is 12.6. The summed E-state index contributed by atoms with van der Waals surface area (Å²) in [6, 6.07) is 9.42. The summed E-state index contributed by atoms with van der Waals surface area (Å²) in [6.07, 6.45) is 8.87. The molecule has 2 heterocycles. The van der Waals surface area contributed by atoms with E-state index in [1.165, 1.54) is 12.8 Å². The molecule has 38 heavy (non-hydrogen) atoms. The van der Waals surface area contributed by atoms with Gasteiger partial charge in [0.2, 0.25) is 0 Å². The molecule has 1 aromatic carbocycles. The van der Waals surface area contributed by atoms with Gasteiger partial charge in [-0.15, -0.1) is 5.10 Å². The third-order valence-electron chi connectivity index (χ3n) is 10.5. The van der Waals surface area contributed by atoms with Crippen molar-refractivity contribution in [1.82, 2.24) is 25.2 Å². The highest BCUT2D eigenvalue weighted by molar-refractivity contribution is 6.01. The maximum absolute atomic E-state index is 13.6. The zero-order valence-corrected chi connectivity index (χ0v) is 22.7. The first-order valence-corrected chi connectivity index (χ1v) is 14.4. The van der Waals surface area contributed by atoms with Crippen LogP contribution in [0.4, 0.5) is 4.79 Å². The minimum absolute atomic E-state index is 0.0854. The van der Waals surface area contributed by atoms with Crippen LogP contribution >= 0.6 is 0 Å². The Morgan fingerprint density at radius 2 is 1.87 bits per heavy atom. The van der Waals surface area contributed by atoms with E-state index >= 15 is 0 Å². The molecular weight excluding hydrogens is 476 g/mol. The van der Waals surface area contributed by atoms with Crippen LogP contribution in [-0.4, -0.2) is 50.5 Å². The predicted octanol–water partition coefficient (Wildman–Crippen LogP) is 5.24. The molecule has 8 heteroatoms. The molecule has 8 nitrogen and oxygen atoms in total. The highest BCUT2D eigenvalue weighted by Gasteiger charge is 2.56. The third kappa shape index (κ3) is 3.93. The van der Waals surface area contributed by atoms with E-state index in [4.69, 9.17) is 0 Å². The van der Waals surface area contributed by atoms with E-state index in [2.05, 4.69) is 42.5 Å². The van der Waals surface area contributed by atoms with Crippen molar-refractivity contribution < 1.29 is 9.59 Å². The number of hydrogen-bond donors (Lipinski definition) is 1. The number of rotatable bonds is 3. The average molecular weight is 515 g/mol. The lowest BCUT2D eigenvalue weighted by Crippen LogP contribution is -2.60. The molecule has 2 aromatic rings. The molecule has 4 saturated carbocycles. The number of nitriles is 1. The van der Waals surface area contributed by atoms with Crippen molar-refractivity contribution in [1.29, 1.82) is 5.26 Å². The molecule has 0 spiro atoms. The van der Waals surface area contributed by atoms with E-state index in [-0.39, 0.29) is 35.4 Å². The van der Waals surface area contributed by atoms with Crippen molar-refractivity contribution in [3.8, 4) is 17.3 Å². The molecule has 200 valence electrons. The largest absolute Gasteiger partial charge is 0.349 e. The number of piperidine rings is 1. The second kappa shape index (κ2) is 9.52. The number of aromatic nitrogens is 3. The topological polar surface area (TPSA) is 104 Å². The van der Waals surface area contributed by atoms with Crippen LogP contribution in [0, 0.1) is 40.4 Å². The summed E-state index contributed by atoms with van der Waals surface area (Å²) in [5.41, 5.74) is 1.70. The summed E-state index contributed by atoms with van der Waals surface area (Å²) in [4.78, 5) is 29.1. The monoisotopic (exact) mass is 514 g/mol. The SMILES string of the molecule is C[C@@H]1[C@@H](NC(=O)c2ccccc2-c2nnn(C(=O)N3CCCC4CCCCC43)c2C#N)C[C@H]2C[C@@H]1C2(C)C. The Morgan fingerprint density at radius 1 is 1.11 bits per heavy atom. The highest BCUT2D eigenvalue weighted by Crippen LogP contribution is 2.61. The van der Waals surface area contributed by atoms with Gasteiger partial charge in [-0.25, -0.2) is 4.79 Å². The first-order valence-electron chi connectivity index (χ1n) is 14.4. The van der Waals surface area contributed by atoms with E-state index in [0.29, 0.717) is 46.8 Å². The summed E-state index contributed by atoms with van der Waals surface area (Å²) in [5, 5.41) is 21.8. The number of fused-ring (bicyclic) bond motifs is 3. The number of hydrogen-bond acceptors (Lipinski definition) is 5. The van der Waals surface area contributed by atoms with Gasteiger partial charge in [0.05, 0.1) is 0 Å². The minimum Gasteiger partial charge on any atom is -0.349 e. The van der Waals surface area contributed by atoms with Crippen molar-refractivity contribution >= 4 is 11.9 Å². The first kappa shape index (κ1) is 25.1. The Morgan fingerprint density at radius 3 is 2.63 bits per heavy atom. The standard InChI is InChI=1S/C30H38N6O2/c1-18-23-15-20(30(23,2)3)16-24(18)32-28(37)22-12-6-5-11-21(22)27-26(17-31)36(34-33-27)29(38)35-14-8-10-19-9-4-7-13-25(19)35/h5-6,11-12,18-20,23-25H,4,7-10,13-16H2,1-3H3,(H,32,37)/t18-,19?,20+,23-,24-,25?/m0/s1. The van der Waals surface area contributed by atoms with Crippen molar-refractivity contribution in [2.45, 2.75) is 84.2 Å². The van der Waals surface area contributed by atoms with Gasteiger partial charge < -0.3 is 10.2 Å². The Bertz CT molecular complexity index is 1290. The maximum Gasteiger partial charge on any atom is 0.347 e. The molecule has 2 unspecified atom stereocenters. The molecule has 5 aliphatic rings. The summed E-state index contributed by atoms with van der Waals surface area (Å²) < 4.78 is 1.15. The van der Waals surface area contributed by atoms with Crippen molar-refractivity contribution in [2.75, 3.05) is 6.54 Å². The van der Waals surface area contributed by atoms with Crippen LogP contribution in [-0.2, 0) is 0 Å². The van der Waals surface area contributed by atoms with Crippen molar-refractivity contribution in [2.24, 2.45) is 29.1 Å². The maximum atomic E-state index is 13.6. The normalized spacial score (nSPS) is 31.5. The van der Waals surface area contributed by atoms with Crippen molar-refractivity contribution in [3.05, 3.63) is 35.5 Å². The van der Waals surface area contributed by atoms with Crippen molar-refractivity contribution in [3.63, 3.8) is 0 Å². The lowest BCUT2D eigenvalue weighted by atomic mass is 9.45. The van der Waals surface area contributed by atoms with Crippen LogP contribution in [0.5, 0.6) is 0 Å². The lowest BCUT2D eigenvalue weighted by Gasteiger charge is -2.62. The molecule has 0 radical (unpaired) electrons. The molecule has 4 aliphatic carbocycles. The third-order valence-corrected chi connectivity index (χ3v) is 10.5. The summed E-state index contributed by atoms with van der Waals surface area (Å²) in [6.45, 7) is 7.63. The van der Waals surface area contributed by atoms with Gasteiger partial charge in [-0.1, -0.05) is 57.0 Å². The Labute approximate surface area is 224 Å². The van der Waals surface area contributed by atoms with E-state index in [0.717, 1.165) is 43.2 Å². The molecule has 2 amide bonds. The van der Waals surface area contributed by atoms with Crippen LogP contribution in [0.3, 0.4) is 0 Å². The highest BCUT2D eigenvalue weighted by atomic mass is 16.2. The number of likely N-dealkylation sites (tertiary alicyclic amines) is 1. The molecule has 1 aliphatic heterocycles. The Kier molecular flexibility index (Phi) is 6.28. The summed E-state index contributed by atoms with van der Waals surface area (Å²) in [5.74, 6) is 2.03. The van der Waals surface area contributed by atoms with E-state index in [1.807, 2.05) is 17.0 Å². The molecular formula is C30H38N6O2. The van der Waals surface area contributed by atoms with Gasteiger partial charge in [-0.3, -0.25) is 4.79 Å². The number of amides is 2. The Hall–Kier alpha value is -3.21. The van der Waals surface area contributed by atoms with Gasteiger partial charge in [-0.05, 0) is 73.7 Å². The molecule has 6 atom stereocenters. The fourth-order valence-corrected chi connectivity index (χ4v) is 8.16. The molecule has 7 rings (SSSR count). The van der Waals surface area contributed by atoms with Crippen LogP contribution in [0.15, 0.2) is 24.3 Å². The first-order chi connectivity index (χ1) is 18.3.